The Labute approximate surface area is 97.9 Å². The average Bonchev–Trinajstić information content (AvgIpc) is 2.28. The maximum Gasteiger partial charge on any atom is 0.0573 e. The van der Waals surface area contributed by atoms with Crippen molar-refractivity contribution in [1.29, 1.82) is 0 Å². The number of nitrogens with zero attached hydrogens (tertiary/aromatic N) is 2. The Morgan fingerprint density at radius 1 is 1.25 bits per heavy atom. The van der Waals surface area contributed by atoms with Gasteiger partial charge >= 0.3 is 0 Å². The Morgan fingerprint density at radius 3 is 2.56 bits per heavy atom. The van der Waals surface area contributed by atoms with Crippen LogP contribution < -0.4 is 10.2 Å². The van der Waals surface area contributed by atoms with Crippen molar-refractivity contribution in [3.05, 3.63) is 18.5 Å². The second-order valence-corrected chi connectivity index (χ2v) is 5.03. The summed E-state index contributed by atoms with van der Waals surface area (Å²) in [6.45, 7) is 6.97. The summed E-state index contributed by atoms with van der Waals surface area (Å²) in [6.07, 6.45) is 5.17. The van der Waals surface area contributed by atoms with Gasteiger partial charge in [-0.15, -0.1) is 0 Å². The normalized spacial score (nSPS) is 25.6. The second-order valence-electron chi connectivity index (χ2n) is 5.03. The average molecular weight is 219 g/mol. The van der Waals surface area contributed by atoms with E-state index in [4.69, 9.17) is 0 Å². The minimum atomic E-state index is 0.780. The topological polar surface area (TPSA) is 28.2 Å². The summed E-state index contributed by atoms with van der Waals surface area (Å²) in [4.78, 5) is 6.73. The fourth-order valence-corrected chi connectivity index (χ4v) is 2.61. The molecule has 0 aliphatic carbocycles. The molecular weight excluding hydrogens is 198 g/mol. The quantitative estimate of drug-likeness (QED) is 0.828. The summed E-state index contributed by atoms with van der Waals surface area (Å²) in [7, 11) is 1.93. The van der Waals surface area contributed by atoms with E-state index in [1.165, 1.54) is 12.1 Å². The maximum atomic E-state index is 4.28. The van der Waals surface area contributed by atoms with Crippen molar-refractivity contribution in [2.75, 3.05) is 30.4 Å². The van der Waals surface area contributed by atoms with E-state index in [1.54, 1.807) is 0 Å². The summed E-state index contributed by atoms with van der Waals surface area (Å²) >= 11 is 0. The molecule has 2 atom stereocenters. The van der Waals surface area contributed by atoms with Gasteiger partial charge in [-0.3, -0.25) is 4.98 Å². The lowest BCUT2D eigenvalue weighted by Gasteiger charge is -2.36. The molecule has 2 unspecified atom stereocenters. The van der Waals surface area contributed by atoms with E-state index in [0.717, 1.165) is 30.6 Å². The molecule has 0 aromatic carbocycles. The number of hydrogen-bond donors (Lipinski definition) is 1. The highest BCUT2D eigenvalue weighted by Crippen LogP contribution is 2.26. The number of hydrogen-bond acceptors (Lipinski definition) is 3. The minimum absolute atomic E-state index is 0.780. The molecule has 0 radical (unpaired) electrons. The third-order valence-corrected chi connectivity index (χ3v) is 3.25. The van der Waals surface area contributed by atoms with Crippen LogP contribution in [0.3, 0.4) is 0 Å². The fraction of sp³-hybridized carbons (Fsp3) is 0.615. The predicted molar refractivity (Wildman–Crippen MR) is 68.9 cm³/mol. The van der Waals surface area contributed by atoms with Crippen LogP contribution in [0.15, 0.2) is 18.5 Å². The standard InChI is InChI=1S/C13H21N3/c1-10-4-11(2)9-16(8-10)13-5-12(14-3)6-15-7-13/h5-7,10-11,14H,4,8-9H2,1-3H3. The zero-order chi connectivity index (χ0) is 11.5. The van der Waals surface area contributed by atoms with Gasteiger partial charge in [0.25, 0.3) is 0 Å². The number of nitrogens with one attached hydrogen (secondary N) is 1. The maximum absolute atomic E-state index is 4.28. The molecule has 2 rings (SSSR count). The molecule has 0 spiro atoms. The highest BCUT2D eigenvalue weighted by Gasteiger charge is 2.22. The molecular formula is C13H21N3. The molecule has 1 N–H and O–H groups in total. The zero-order valence-corrected chi connectivity index (χ0v) is 10.4. The number of anilines is 2. The molecule has 88 valence electrons. The summed E-state index contributed by atoms with van der Waals surface area (Å²) in [5.41, 5.74) is 2.33. The smallest absolute Gasteiger partial charge is 0.0573 e. The largest absolute Gasteiger partial charge is 0.387 e. The van der Waals surface area contributed by atoms with Gasteiger partial charge in [-0.25, -0.2) is 0 Å². The molecule has 1 aromatic rings. The molecule has 1 aromatic heterocycles. The molecule has 1 aliphatic heterocycles. The van der Waals surface area contributed by atoms with Gasteiger partial charge in [-0.1, -0.05) is 13.8 Å². The van der Waals surface area contributed by atoms with E-state index in [-0.39, 0.29) is 0 Å². The lowest BCUT2D eigenvalue weighted by Crippen LogP contribution is -2.38. The Hall–Kier alpha value is -1.25. The van der Waals surface area contributed by atoms with Crippen molar-refractivity contribution < 1.29 is 0 Å². The van der Waals surface area contributed by atoms with Gasteiger partial charge in [-0.05, 0) is 24.3 Å². The van der Waals surface area contributed by atoms with Crippen LogP contribution in [0.25, 0.3) is 0 Å². The fourth-order valence-electron chi connectivity index (χ4n) is 2.61. The van der Waals surface area contributed by atoms with Gasteiger partial charge in [0.2, 0.25) is 0 Å². The Bertz CT molecular complexity index is 341. The van der Waals surface area contributed by atoms with Crippen molar-refractivity contribution >= 4 is 11.4 Å². The van der Waals surface area contributed by atoms with E-state index < -0.39 is 0 Å². The highest BCUT2D eigenvalue weighted by molar-refractivity contribution is 5.55. The molecule has 0 amide bonds. The first-order valence-corrected chi connectivity index (χ1v) is 6.06. The van der Waals surface area contributed by atoms with Crippen LogP contribution in [0.1, 0.15) is 20.3 Å². The van der Waals surface area contributed by atoms with E-state index >= 15 is 0 Å². The first-order chi connectivity index (χ1) is 7.69. The second kappa shape index (κ2) is 4.73. The Balaban J connectivity index is 2.16. The number of piperidine rings is 1. The van der Waals surface area contributed by atoms with Gasteiger partial charge in [-0.2, -0.15) is 0 Å². The SMILES string of the molecule is CNc1cncc(N2CC(C)CC(C)C2)c1. The Morgan fingerprint density at radius 2 is 1.94 bits per heavy atom. The third kappa shape index (κ3) is 2.46. The van der Waals surface area contributed by atoms with Crippen molar-refractivity contribution in [3.8, 4) is 0 Å². The van der Waals surface area contributed by atoms with Crippen LogP contribution in [0.4, 0.5) is 11.4 Å². The van der Waals surface area contributed by atoms with Gasteiger partial charge < -0.3 is 10.2 Å². The molecule has 1 fully saturated rings. The zero-order valence-electron chi connectivity index (χ0n) is 10.4. The first kappa shape index (κ1) is 11.2. The van der Waals surface area contributed by atoms with Gasteiger partial charge in [0.15, 0.2) is 0 Å². The van der Waals surface area contributed by atoms with Crippen LogP contribution in [-0.4, -0.2) is 25.1 Å². The van der Waals surface area contributed by atoms with Crippen molar-refractivity contribution in [1.82, 2.24) is 4.98 Å². The highest BCUT2D eigenvalue weighted by atomic mass is 15.1. The first-order valence-electron chi connectivity index (χ1n) is 6.06. The van der Waals surface area contributed by atoms with Crippen LogP contribution in [0.2, 0.25) is 0 Å². The van der Waals surface area contributed by atoms with E-state index in [0.29, 0.717) is 0 Å². The van der Waals surface area contributed by atoms with E-state index in [2.05, 4.69) is 35.1 Å². The molecule has 2 heterocycles. The number of aromatic nitrogens is 1. The monoisotopic (exact) mass is 219 g/mol. The summed E-state index contributed by atoms with van der Waals surface area (Å²) < 4.78 is 0. The third-order valence-electron chi connectivity index (χ3n) is 3.25. The van der Waals surface area contributed by atoms with E-state index in [9.17, 15) is 0 Å². The van der Waals surface area contributed by atoms with Crippen molar-refractivity contribution in [2.45, 2.75) is 20.3 Å². The predicted octanol–water partition coefficient (Wildman–Crippen LogP) is 2.61. The van der Waals surface area contributed by atoms with Gasteiger partial charge in [0.05, 0.1) is 23.8 Å². The van der Waals surface area contributed by atoms with Gasteiger partial charge in [0, 0.05) is 20.1 Å². The Kier molecular flexibility index (Phi) is 3.32. The molecule has 0 saturated carbocycles. The summed E-state index contributed by atoms with van der Waals surface area (Å²) in [6, 6.07) is 2.18. The van der Waals surface area contributed by atoms with Crippen molar-refractivity contribution in [2.24, 2.45) is 11.8 Å². The lowest BCUT2D eigenvalue weighted by molar-refractivity contribution is 0.357. The summed E-state index contributed by atoms with van der Waals surface area (Å²) in [5, 5.41) is 3.14. The lowest BCUT2D eigenvalue weighted by atomic mass is 9.91. The molecule has 3 nitrogen and oxygen atoms in total. The number of rotatable bonds is 2. The van der Waals surface area contributed by atoms with Crippen molar-refractivity contribution in [3.63, 3.8) is 0 Å². The van der Waals surface area contributed by atoms with Crippen LogP contribution >= 0.6 is 0 Å². The summed E-state index contributed by atoms with van der Waals surface area (Å²) in [5.74, 6) is 1.56. The molecule has 1 saturated heterocycles. The molecule has 1 aliphatic rings. The van der Waals surface area contributed by atoms with Gasteiger partial charge in [0.1, 0.15) is 0 Å². The molecule has 0 bridgehead atoms. The minimum Gasteiger partial charge on any atom is -0.387 e. The molecule has 3 heteroatoms. The van der Waals surface area contributed by atoms with Crippen LogP contribution in [-0.2, 0) is 0 Å². The van der Waals surface area contributed by atoms with Crippen LogP contribution in [0.5, 0.6) is 0 Å². The number of pyridine rings is 1. The van der Waals surface area contributed by atoms with Crippen LogP contribution in [0, 0.1) is 11.8 Å². The molecule has 16 heavy (non-hydrogen) atoms. The van der Waals surface area contributed by atoms with E-state index in [1.807, 2.05) is 19.4 Å².